The molecular weight excluding hydrogens is 513 g/mol. The molecule has 1 aromatic heterocycles. The molecule has 0 bridgehead atoms. The van der Waals surface area contributed by atoms with Crippen molar-refractivity contribution in [2.45, 2.75) is 57.5 Å². The highest BCUT2D eigenvalue weighted by Gasteiger charge is 2.33. The fourth-order valence-electron chi connectivity index (χ4n) is 4.65. The summed E-state index contributed by atoms with van der Waals surface area (Å²) in [6, 6.07) is 3.44. The first-order chi connectivity index (χ1) is 17.1. The number of rotatable bonds is 8. The topological polar surface area (TPSA) is 82.6 Å². The number of piperidine rings is 1. The quantitative estimate of drug-likeness (QED) is 0.486. The van der Waals surface area contributed by atoms with Gasteiger partial charge in [-0.05, 0) is 50.3 Å². The molecule has 0 atom stereocenters. The summed E-state index contributed by atoms with van der Waals surface area (Å²) < 4.78 is 66.4. The lowest BCUT2D eigenvalue weighted by Gasteiger charge is -2.30. The predicted molar refractivity (Wildman–Crippen MR) is 135 cm³/mol. The first-order valence-electron chi connectivity index (χ1n) is 12.3. The maximum absolute atomic E-state index is 13.3. The van der Waals surface area contributed by atoms with E-state index in [0.29, 0.717) is 38.0 Å². The Morgan fingerprint density at radius 2 is 1.86 bits per heavy atom. The molecule has 2 aliphatic heterocycles. The third-order valence-electron chi connectivity index (χ3n) is 6.73. The number of anilines is 2. The number of halogens is 3. The molecule has 1 amide bonds. The number of benzene rings is 1. The Bertz CT molecular complexity index is 1170. The molecule has 1 N–H and O–H groups in total. The number of amides is 1. The van der Waals surface area contributed by atoms with Gasteiger partial charge < -0.3 is 10.2 Å². The van der Waals surface area contributed by atoms with E-state index >= 15 is 0 Å². The highest BCUT2D eigenvalue weighted by molar-refractivity contribution is 7.89. The van der Waals surface area contributed by atoms with E-state index in [1.165, 1.54) is 21.7 Å². The van der Waals surface area contributed by atoms with Crippen molar-refractivity contribution >= 4 is 38.6 Å². The maximum Gasteiger partial charge on any atom is 0.416 e. The smallest absolute Gasteiger partial charge is 0.370 e. The Morgan fingerprint density at radius 1 is 1.17 bits per heavy atom. The van der Waals surface area contributed by atoms with Crippen molar-refractivity contribution in [3.05, 3.63) is 39.8 Å². The Labute approximate surface area is 213 Å². The number of sulfonamides is 1. The zero-order valence-corrected chi connectivity index (χ0v) is 21.8. The van der Waals surface area contributed by atoms with Crippen molar-refractivity contribution < 1.29 is 26.4 Å². The van der Waals surface area contributed by atoms with Gasteiger partial charge in [-0.3, -0.25) is 4.79 Å². The number of thiazole rings is 1. The monoisotopic (exact) mass is 544 g/mol. The number of nitrogens with one attached hydrogen (secondary N) is 1. The number of carbonyl (C=O) groups is 1. The summed E-state index contributed by atoms with van der Waals surface area (Å²) in [5.74, 6) is -0.357. The molecule has 0 unspecified atom stereocenters. The van der Waals surface area contributed by atoms with E-state index in [1.54, 1.807) is 5.38 Å². The second-order valence-electron chi connectivity index (χ2n) is 9.29. The first kappa shape index (κ1) is 26.9. The van der Waals surface area contributed by atoms with Crippen LogP contribution in [0.5, 0.6) is 0 Å². The van der Waals surface area contributed by atoms with Gasteiger partial charge in [-0.25, -0.2) is 17.7 Å². The van der Waals surface area contributed by atoms with Gasteiger partial charge in [0, 0.05) is 37.5 Å². The summed E-state index contributed by atoms with van der Waals surface area (Å²) in [6.07, 6.45) is 0.0679. The summed E-state index contributed by atoms with van der Waals surface area (Å²) in [7, 11) is -3.25. The van der Waals surface area contributed by atoms with E-state index in [0.717, 1.165) is 49.5 Å². The molecule has 2 fully saturated rings. The van der Waals surface area contributed by atoms with Crippen molar-refractivity contribution in [3.63, 3.8) is 0 Å². The van der Waals surface area contributed by atoms with Crippen LogP contribution < -0.4 is 10.2 Å². The van der Waals surface area contributed by atoms with Crippen molar-refractivity contribution in [1.29, 1.82) is 0 Å². The molecule has 1 aromatic carbocycles. The van der Waals surface area contributed by atoms with Crippen molar-refractivity contribution in [2.75, 3.05) is 42.1 Å². The van der Waals surface area contributed by atoms with Gasteiger partial charge >= 0.3 is 6.18 Å². The highest BCUT2D eigenvalue weighted by atomic mass is 32.2. The van der Waals surface area contributed by atoms with Gasteiger partial charge in [0.05, 0.1) is 27.7 Å². The van der Waals surface area contributed by atoms with E-state index in [1.807, 2.05) is 11.8 Å². The van der Waals surface area contributed by atoms with Gasteiger partial charge in [-0.15, -0.1) is 11.3 Å². The highest BCUT2D eigenvalue weighted by Crippen LogP contribution is 2.37. The van der Waals surface area contributed by atoms with E-state index in [4.69, 9.17) is 0 Å². The van der Waals surface area contributed by atoms with Crippen LogP contribution in [-0.2, 0) is 16.2 Å². The van der Waals surface area contributed by atoms with Crippen LogP contribution in [0.2, 0.25) is 0 Å². The largest absolute Gasteiger partial charge is 0.416 e. The molecule has 3 heterocycles. The number of hydrogen-bond donors (Lipinski definition) is 1. The van der Waals surface area contributed by atoms with Crippen LogP contribution in [0.4, 0.5) is 24.5 Å². The van der Waals surface area contributed by atoms with E-state index in [2.05, 4.69) is 10.3 Å². The van der Waals surface area contributed by atoms with E-state index in [-0.39, 0.29) is 23.1 Å². The van der Waals surface area contributed by atoms with Gasteiger partial charge in [0.2, 0.25) is 10.0 Å². The number of carbonyl (C=O) groups excluding carboxylic acids is 1. The molecule has 0 aliphatic carbocycles. The van der Waals surface area contributed by atoms with Crippen molar-refractivity contribution in [1.82, 2.24) is 9.29 Å². The second kappa shape index (κ2) is 11.1. The molecule has 0 radical (unpaired) electrons. The van der Waals surface area contributed by atoms with E-state index < -0.39 is 27.7 Å². The molecular formula is C24H31F3N4O3S2. The average molecular weight is 545 g/mol. The first-order valence-corrected chi connectivity index (χ1v) is 14.8. The minimum Gasteiger partial charge on any atom is -0.370 e. The molecule has 198 valence electrons. The maximum atomic E-state index is 13.3. The zero-order valence-electron chi connectivity index (χ0n) is 20.2. The van der Waals surface area contributed by atoms with Crippen LogP contribution in [0.3, 0.4) is 0 Å². The average Bonchev–Trinajstić information content (AvgIpc) is 3.55. The Hall–Kier alpha value is -2.18. The fourth-order valence-corrected chi connectivity index (χ4v) is 7.30. The van der Waals surface area contributed by atoms with Gasteiger partial charge in [-0.1, -0.05) is 13.3 Å². The lowest BCUT2D eigenvalue weighted by Crippen LogP contribution is -2.39. The van der Waals surface area contributed by atoms with Gasteiger partial charge in [0.25, 0.3) is 5.91 Å². The molecule has 2 saturated heterocycles. The van der Waals surface area contributed by atoms with Gasteiger partial charge in [-0.2, -0.15) is 13.2 Å². The number of nitrogens with zero attached hydrogens (tertiary/aromatic N) is 3. The molecule has 12 heteroatoms. The Balaban J connectivity index is 1.45. The lowest BCUT2D eigenvalue weighted by molar-refractivity contribution is -0.137. The third kappa shape index (κ3) is 6.20. The summed E-state index contributed by atoms with van der Waals surface area (Å²) in [5.41, 5.74) is 0.0240. The summed E-state index contributed by atoms with van der Waals surface area (Å²) in [6.45, 7) is 4.24. The standard InChI is InChI=1S/C24H31F3N4O3S2/c1-2-3-14-36(33,34)31-12-8-17(9-13-31)23-29-20(16-35-23)22(32)28-19-15-18(24(25,26)27)6-7-21(19)30-10-4-5-11-30/h6-7,15-17H,2-5,8-14H2,1H3,(H,28,32). The lowest BCUT2D eigenvalue weighted by atomic mass is 9.99. The van der Waals surface area contributed by atoms with Crippen molar-refractivity contribution in [3.8, 4) is 0 Å². The van der Waals surface area contributed by atoms with Crippen LogP contribution in [0, 0.1) is 0 Å². The van der Waals surface area contributed by atoms with E-state index in [9.17, 15) is 26.4 Å². The molecule has 2 aromatic rings. The van der Waals surface area contributed by atoms with Gasteiger partial charge in [0.1, 0.15) is 5.69 Å². The number of unbranched alkanes of at least 4 members (excludes halogenated alkanes) is 1. The number of hydrogen-bond acceptors (Lipinski definition) is 6. The minimum atomic E-state index is -4.52. The molecule has 4 rings (SSSR count). The third-order valence-corrected chi connectivity index (χ3v) is 9.69. The summed E-state index contributed by atoms with van der Waals surface area (Å²) in [4.78, 5) is 19.4. The predicted octanol–water partition coefficient (Wildman–Crippen LogP) is 5.32. The van der Waals surface area contributed by atoms with Crippen LogP contribution in [0.15, 0.2) is 23.6 Å². The fraction of sp³-hybridized carbons (Fsp3) is 0.583. The molecule has 2 aliphatic rings. The minimum absolute atomic E-state index is 0.0443. The van der Waals surface area contributed by atoms with Crippen LogP contribution in [0.1, 0.15) is 72.4 Å². The van der Waals surface area contributed by atoms with Crippen molar-refractivity contribution in [2.24, 2.45) is 0 Å². The second-order valence-corrected chi connectivity index (χ2v) is 12.3. The molecule has 7 nitrogen and oxygen atoms in total. The van der Waals surface area contributed by atoms with Crippen LogP contribution >= 0.6 is 11.3 Å². The van der Waals surface area contributed by atoms with Gasteiger partial charge in [0.15, 0.2) is 0 Å². The molecule has 36 heavy (non-hydrogen) atoms. The number of alkyl halides is 3. The Morgan fingerprint density at radius 3 is 2.50 bits per heavy atom. The van der Waals surface area contributed by atoms with Crippen LogP contribution in [0.25, 0.3) is 0 Å². The Kier molecular flexibility index (Phi) is 8.25. The normalized spacial score (nSPS) is 18.1. The SMILES string of the molecule is CCCCS(=O)(=O)N1CCC(c2nc(C(=O)Nc3cc(C(F)(F)F)ccc3N3CCCC3)cs2)CC1. The number of aromatic nitrogens is 1. The summed E-state index contributed by atoms with van der Waals surface area (Å²) >= 11 is 1.32. The molecule has 0 saturated carbocycles. The zero-order chi connectivity index (χ0) is 25.9. The van der Waals surface area contributed by atoms with Crippen LogP contribution in [-0.4, -0.2) is 55.5 Å². The molecule has 0 spiro atoms. The summed E-state index contributed by atoms with van der Waals surface area (Å²) in [5, 5.41) is 5.01.